The average molecular weight is 322 g/mol. The van der Waals surface area contributed by atoms with Gasteiger partial charge in [0.05, 0.1) is 14.2 Å². The summed E-state index contributed by atoms with van der Waals surface area (Å²) in [5.74, 6) is 2.12. The van der Waals surface area contributed by atoms with Crippen molar-refractivity contribution < 1.29 is 19.0 Å². The van der Waals surface area contributed by atoms with E-state index >= 15 is 0 Å². The van der Waals surface area contributed by atoms with E-state index in [4.69, 9.17) is 14.2 Å². The quantitative estimate of drug-likeness (QED) is 0.786. The van der Waals surface area contributed by atoms with Gasteiger partial charge in [-0.1, -0.05) is 18.2 Å². The smallest absolute Gasteiger partial charge is 0.185 e. The van der Waals surface area contributed by atoms with Crippen LogP contribution in [0.2, 0.25) is 0 Å². The summed E-state index contributed by atoms with van der Waals surface area (Å²) >= 11 is 0. The first kappa shape index (κ1) is 15.9. The third kappa shape index (κ3) is 3.33. The molecule has 0 fully saturated rings. The highest BCUT2D eigenvalue weighted by Gasteiger charge is 2.16. The molecule has 0 amide bonds. The number of hydrogen-bond acceptors (Lipinski definition) is 4. The number of rotatable bonds is 5. The van der Waals surface area contributed by atoms with E-state index in [1.807, 2.05) is 48.5 Å². The Kier molecular flexibility index (Phi) is 4.66. The van der Waals surface area contributed by atoms with Gasteiger partial charge in [0.2, 0.25) is 0 Å². The van der Waals surface area contributed by atoms with E-state index in [-0.39, 0.29) is 12.4 Å². The van der Waals surface area contributed by atoms with Crippen LogP contribution in [0.5, 0.6) is 17.2 Å². The lowest BCUT2D eigenvalue weighted by molar-refractivity contribution is -0.111. The van der Waals surface area contributed by atoms with Gasteiger partial charge >= 0.3 is 0 Å². The first-order chi connectivity index (χ1) is 11.7. The zero-order valence-electron chi connectivity index (χ0n) is 13.6. The van der Waals surface area contributed by atoms with Crippen LogP contribution in [-0.4, -0.2) is 26.6 Å². The zero-order valence-corrected chi connectivity index (χ0v) is 13.6. The lowest BCUT2D eigenvalue weighted by Crippen LogP contribution is -2.13. The number of para-hydroxylation sites is 1. The predicted octanol–water partition coefficient (Wildman–Crippen LogP) is 3.76. The molecule has 0 radical (unpaired) electrons. The van der Waals surface area contributed by atoms with Crippen LogP contribution < -0.4 is 14.2 Å². The fourth-order valence-corrected chi connectivity index (χ4v) is 2.50. The molecular formula is C20H18O4. The molecule has 0 saturated carbocycles. The van der Waals surface area contributed by atoms with Gasteiger partial charge in [0.25, 0.3) is 0 Å². The maximum atomic E-state index is 12.4. The largest absolute Gasteiger partial charge is 0.497 e. The van der Waals surface area contributed by atoms with E-state index < -0.39 is 0 Å². The van der Waals surface area contributed by atoms with Gasteiger partial charge < -0.3 is 14.2 Å². The Morgan fingerprint density at radius 3 is 2.75 bits per heavy atom. The molecule has 2 aromatic carbocycles. The summed E-state index contributed by atoms with van der Waals surface area (Å²) in [4.78, 5) is 12.4. The highest BCUT2D eigenvalue weighted by atomic mass is 16.5. The van der Waals surface area contributed by atoms with E-state index in [0.29, 0.717) is 5.57 Å². The highest BCUT2D eigenvalue weighted by molar-refractivity contribution is 6.10. The first-order valence-electron chi connectivity index (χ1n) is 7.58. The Morgan fingerprint density at radius 1 is 1.12 bits per heavy atom. The number of benzene rings is 2. The monoisotopic (exact) mass is 322 g/mol. The van der Waals surface area contributed by atoms with Crippen molar-refractivity contribution in [2.75, 3.05) is 20.8 Å². The first-order valence-corrected chi connectivity index (χ1v) is 7.58. The predicted molar refractivity (Wildman–Crippen MR) is 93.5 cm³/mol. The Morgan fingerprint density at radius 2 is 1.96 bits per heavy atom. The van der Waals surface area contributed by atoms with Gasteiger partial charge in [0, 0.05) is 16.7 Å². The number of ketones is 1. The summed E-state index contributed by atoms with van der Waals surface area (Å²) in [5.41, 5.74) is 2.30. The maximum absolute atomic E-state index is 12.4. The molecule has 0 spiro atoms. The third-order valence-electron chi connectivity index (χ3n) is 3.80. The molecule has 0 atom stereocenters. The van der Waals surface area contributed by atoms with Crippen molar-refractivity contribution in [3.05, 3.63) is 65.2 Å². The van der Waals surface area contributed by atoms with Crippen LogP contribution in [0, 0.1) is 0 Å². The minimum absolute atomic E-state index is 0.0885. The molecule has 0 bridgehead atoms. The average Bonchev–Trinajstić information content (AvgIpc) is 2.65. The Labute approximate surface area is 141 Å². The number of fused-ring (bicyclic) bond motifs is 1. The third-order valence-corrected chi connectivity index (χ3v) is 3.80. The summed E-state index contributed by atoms with van der Waals surface area (Å²) in [5, 5.41) is 0. The van der Waals surface area contributed by atoms with Crippen LogP contribution in [0.15, 0.2) is 54.1 Å². The van der Waals surface area contributed by atoms with Crippen molar-refractivity contribution in [3.8, 4) is 17.2 Å². The Hall–Kier alpha value is -3.01. The number of methoxy groups -OCH3 is 2. The second-order valence-corrected chi connectivity index (χ2v) is 5.30. The normalized spacial score (nSPS) is 13.0. The molecule has 0 aliphatic carbocycles. The van der Waals surface area contributed by atoms with Gasteiger partial charge in [-0.05, 0) is 42.5 Å². The number of carbonyl (C=O) groups excluding carboxylic acids is 1. The molecule has 2 aromatic rings. The highest BCUT2D eigenvalue weighted by Crippen LogP contribution is 2.30. The van der Waals surface area contributed by atoms with Crippen molar-refractivity contribution in [3.63, 3.8) is 0 Å². The summed E-state index contributed by atoms with van der Waals surface area (Å²) in [7, 11) is 3.22. The van der Waals surface area contributed by atoms with E-state index in [2.05, 4.69) is 0 Å². The van der Waals surface area contributed by atoms with Crippen LogP contribution in [0.4, 0.5) is 0 Å². The van der Waals surface area contributed by atoms with Crippen molar-refractivity contribution >= 4 is 17.9 Å². The van der Waals surface area contributed by atoms with Crippen LogP contribution in [0.3, 0.4) is 0 Å². The van der Waals surface area contributed by atoms with E-state index in [1.54, 1.807) is 20.3 Å². The SMILES string of the molecule is COc1ccc2c(c1)C=C(C(=O)/C=C/c1ccccc1OC)CO2. The molecule has 122 valence electrons. The van der Waals surface area contributed by atoms with Crippen molar-refractivity contribution in [2.45, 2.75) is 0 Å². The van der Waals surface area contributed by atoms with Crippen molar-refractivity contribution in [1.29, 1.82) is 0 Å². The number of carbonyl (C=O) groups is 1. The van der Waals surface area contributed by atoms with E-state index in [9.17, 15) is 4.79 Å². The van der Waals surface area contributed by atoms with E-state index in [0.717, 1.165) is 28.4 Å². The molecular weight excluding hydrogens is 304 g/mol. The Bertz CT molecular complexity index is 818. The lowest BCUT2D eigenvalue weighted by Gasteiger charge is -2.17. The summed E-state index contributed by atoms with van der Waals surface area (Å²) in [6.07, 6.45) is 5.14. The molecule has 0 N–H and O–H groups in total. The zero-order chi connectivity index (χ0) is 16.9. The van der Waals surface area contributed by atoms with Gasteiger partial charge in [-0.25, -0.2) is 0 Å². The molecule has 0 aromatic heterocycles. The molecule has 1 aliphatic heterocycles. The molecule has 1 heterocycles. The van der Waals surface area contributed by atoms with Gasteiger partial charge in [0.1, 0.15) is 23.9 Å². The van der Waals surface area contributed by atoms with Crippen LogP contribution in [0.25, 0.3) is 12.2 Å². The summed E-state index contributed by atoms with van der Waals surface area (Å²) in [6.45, 7) is 0.258. The molecule has 24 heavy (non-hydrogen) atoms. The van der Waals surface area contributed by atoms with Crippen LogP contribution in [0.1, 0.15) is 11.1 Å². The van der Waals surface area contributed by atoms with Crippen molar-refractivity contribution in [1.82, 2.24) is 0 Å². The summed E-state index contributed by atoms with van der Waals surface area (Å²) < 4.78 is 16.1. The Balaban J connectivity index is 1.82. The molecule has 3 rings (SSSR count). The molecule has 4 nitrogen and oxygen atoms in total. The second kappa shape index (κ2) is 7.04. The number of hydrogen-bond donors (Lipinski definition) is 0. The molecule has 4 heteroatoms. The molecule has 1 aliphatic rings. The summed E-state index contributed by atoms with van der Waals surface area (Å²) in [6, 6.07) is 13.1. The second-order valence-electron chi connectivity index (χ2n) is 5.30. The minimum Gasteiger partial charge on any atom is -0.497 e. The standard InChI is InChI=1S/C20H18O4/c1-22-17-8-10-20-15(12-17)11-16(13-24-20)18(21)9-7-14-5-3-4-6-19(14)23-2/h3-12H,13H2,1-2H3/b9-7+. The molecule has 0 saturated heterocycles. The fraction of sp³-hybridized carbons (Fsp3) is 0.150. The van der Waals surface area contributed by atoms with Gasteiger partial charge in [-0.3, -0.25) is 4.79 Å². The number of allylic oxidation sites excluding steroid dienone is 1. The van der Waals surface area contributed by atoms with Crippen molar-refractivity contribution in [2.24, 2.45) is 0 Å². The lowest BCUT2D eigenvalue weighted by atomic mass is 10.0. The fourth-order valence-electron chi connectivity index (χ4n) is 2.50. The van der Waals surface area contributed by atoms with Crippen LogP contribution in [-0.2, 0) is 4.79 Å². The topological polar surface area (TPSA) is 44.8 Å². The molecule has 0 unspecified atom stereocenters. The van der Waals surface area contributed by atoms with Gasteiger partial charge in [0.15, 0.2) is 5.78 Å². The van der Waals surface area contributed by atoms with Crippen LogP contribution >= 0.6 is 0 Å². The van der Waals surface area contributed by atoms with E-state index in [1.165, 1.54) is 6.08 Å². The van der Waals surface area contributed by atoms with Gasteiger partial charge in [-0.15, -0.1) is 0 Å². The van der Waals surface area contributed by atoms with Gasteiger partial charge in [-0.2, -0.15) is 0 Å². The number of ether oxygens (including phenoxy) is 3. The minimum atomic E-state index is -0.0885. The maximum Gasteiger partial charge on any atom is 0.185 e.